The van der Waals surface area contributed by atoms with Crippen molar-refractivity contribution in [2.45, 2.75) is 57.4 Å². The van der Waals surface area contributed by atoms with E-state index in [1.165, 1.54) is 25.7 Å². The van der Waals surface area contributed by atoms with Gasteiger partial charge in [0.25, 0.3) is 0 Å². The molecule has 0 radical (unpaired) electrons. The third kappa shape index (κ3) is 7.67. The SMILES string of the molecule is COc1c(NC(=O)NC2CCCCC2)c(OCCN2CCCCC2)c(OC)c2occc12.O=C(O)C(=O)O. The summed E-state index contributed by atoms with van der Waals surface area (Å²) in [4.78, 5) is 33.5. The number of rotatable bonds is 8. The lowest BCUT2D eigenvalue weighted by Crippen LogP contribution is -2.39. The highest BCUT2D eigenvalue weighted by molar-refractivity contribution is 6.27. The number of furan rings is 1. The zero-order chi connectivity index (χ0) is 27.5. The number of piperidine rings is 1. The molecule has 1 aromatic carbocycles. The Labute approximate surface area is 221 Å². The quantitative estimate of drug-likeness (QED) is 0.365. The topological polar surface area (TPSA) is 160 Å². The van der Waals surface area contributed by atoms with E-state index >= 15 is 0 Å². The minimum atomic E-state index is -1.82. The van der Waals surface area contributed by atoms with Gasteiger partial charge in [-0.05, 0) is 44.8 Å². The van der Waals surface area contributed by atoms with E-state index in [4.69, 9.17) is 38.4 Å². The summed E-state index contributed by atoms with van der Waals surface area (Å²) in [7, 11) is 3.16. The maximum Gasteiger partial charge on any atom is 0.414 e. The number of urea groups is 1. The maximum absolute atomic E-state index is 12.9. The number of carbonyl (C=O) groups is 3. The summed E-state index contributed by atoms with van der Waals surface area (Å²) in [5.74, 6) is -2.26. The van der Waals surface area contributed by atoms with Crippen molar-refractivity contribution < 1.29 is 43.2 Å². The van der Waals surface area contributed by atoms with Crippen LogP contribution in [0.15, 0.2) is 16.7 Å². The average molecular weight is 536 g/mol. The highest BCUT2D eigenvalue weighted by atomic mass is 16.5. The number of carboxylic acid groups (broad SMARTS) is 2. The lowest BCUT2D eigenvalue weighted by molar-refractivity contribution is -0.159. The van der Waals surface area contributed by atoms with E-state index in [9.17, 15) is 4.79 Å². The Kier molecular flexibility index (Phi) is 10.9. The van der Waals surface area contributed by atoms with Gasteiger partial charge in [-0.2, -0.15) is 0 Å². The van der Waals surface area contributed by atoms with Gasteiger partial charge in [0.05, 0.1) is 25.9 Å². The molecule has 0 spiro atoms. The third-order valence-corrected chi connectivity index (χ3v) is 6.65. The van der Waals surface area contributed by atoms with E-state index in [1.807, 2.05) is 0 Å². The van der Waals surface area contributed by atoms with Gasteiger partial charge >= 0.3 is 18.0 Å². The fourth-order valence-electron chi connectivity index (χ4n) is 4.81. The molecule has 0 atom stereocenters. The van der Waals surface area contributed by atoms with Gasteiger partial charge in [-0.3, -0.25) is 4.90 Å². The number of nitrogens with zero attached hydrogens (tertiary/aromatic N) is 1. The summed E-state index contributed by atoms with van der Waals surface area (Å²) < 4.78 is 23.3. The Morgan fingerprint density at radius 1 is 0.947 bits per heavy atom. The van der Waals surface area contributed by atoms with Gasteiger partial charge < -0.3 is 39.5 Å². The minimum absolute atomic E-state index is 0.192. The zero-order valence-corrected chi connectivity index (χ0v) is 21.9. The Hall–Kier alpha value is -3.67. The summed E-state index contributed by atoms with van der Waals surface area (Å²) in [5.41, 5.74) is 1.00. The second-order valence-corrected chi connectivity index (χ2v) is 9.23. The number of hydrogen-bond acceptors (Lipinski definition) is 8. The number of benzene rings is 1. The summed E-state index contributed by atoms with van der Waals surface area (Å²) in [6.45, 7) is 3.48. The second-order valence-electron chi connectivity index (χ2n) is 9.23. The number of likely N-dealkylation sites (tertiary alicyclic amines) is 1. The molecule has 1 saturated heterocycles. The van der Waals surface area contributed by atoms with Crippen LogP contribution in [-0.2, 0) is 9.59 Å². The van der Waals surface area contributed by atoms with E-state index in [2.05, 4.69) is 15.5 Å². The smallest absolute Gasteiger partial charge is 0.414 e. The van der Waals surface area contributed by atoms with Crippen molar-refractivity contribution in [1.29, 1.82) is 0 Å². The Morgan fingerprint density at radius 3 is 2.18 bits per heavy atom. The lowest BCUT2D eigenvalue weighted by Gasteiger charge is -2.27. The number of amides is 2. The predicted molar refractivity (Wildman–Crippen MR) is 139 cm³/mol. The van der Waals surface area contributed by atoms with Crippen molar-refractivity contribution in [2.75, 3.05) is 45.8 Å². The minimum Gasteiger partial charge on any atom is -0.494 e. The van der Waals surface area contributed by atoms with Crippen molar-refractivity contribution in [2.24, 2.45) is 0 Å². The van der Waals surface area contributed by atoms with Crippen molar-refractivity contribution in [3.05, 3.63) is 12.3 Å². The van der Waals surface area contributed by atoms with Crippen LogP contribution < -0.4 is 24.8 Å². The molecule has 1 aliphatic heterocycles. The molecule has 4 rings (SSSR count). The molecule has 1 aromatic heterocycles. The summed E-state index contributed by atoms with van der Waals surface area (Å²) in [5, 5.41) is 21.6. The molecule has 2 heterocycles. The molecule has 2 aliphatic rings. The predicted octanol–water partition coefficient (Wildman–Crippen LogP) is 3.92. The van der Waals surface area contributed by atoms with E-state index in [1.54, 1.807) is 26.5 Å². The first kappa shape index (κ1) is 28.9. The van der Waals surface area contributed by atoms with Crippen LogP contribution in [0.1, 0.15) is 51.4 Å². The van der Waals surface area contributed by atoms with Crippen molar-refractivity contribution in [3.8, 4) is 17.2 Å². The first-order valence-corrected chi connectivity index (χ1v) is 12.9. The second kappa shape index (κ2) is 14.3. The van der Waals surface area contributed by atoms with E-state index in [0.717, 1.165) is 50.7 Å². The van der Waals surface area contributed by atoms with Gasteiger partial charge in [0.2, 0.25) is 5.75 Å². The van der Waals surface area contributed by atoms with E-state index in [-0.39, 0.29) is 12.1 Å². The van der Waals surface area contributed by atoms with Gasteiger partial charge in [0.1, 0.15) is 12.3 Å². The van der Waals surface area contributed by atoms with E-state index < -0.39 is 11.9 Å². The van der Waals surface area contributed by atoms with Crippen LogP contribution in [0.2, 0.25) is 0 Å². The fourth-order valence-corrected chi connectivity index (χ4v) is 4.81. The number of hydrogen-bond donors (Lipinski definition) is 4. The van der Waals surface area contributed by atoms with Gasteiger partial charge in [0.15, 0.2) is 17.1 Å². The zero-order valence-electron chi connectivity index (χ0n) is 21.9. The van der Waals surface area contributed by atoms with Crippen LogP contribution in [0.5, 0.6) is 17.2 Å². The highest BCUT2D eigenvalue weighted by Crippen LogP contribution is 2.50. The normalized spacial score (nSPS) is 16.2. The number of methoxy groups -OCH3 is 2. The number of aliphatic carboxylic acids is 2. The van der Waals surface area contributed by atoms with Gasteiger partial charge in [-0.15, -0.1) is 0 Å². The fraction of sp³-hybridized carbons (Fsp3) is 0.577. The molecule has 1 saturated carbocycles. The van der Waals surface area contributed by atoms with Crippen molar-refractivity contribution in [1.82, 2.24) is 10.2 Å². The van der Waals surface area contributed by atoms with Gasteiger partial charge in [-0.25, -0.2) is 14.4 Å². The lowest BCUT2D eigenvalue weighted by atomic mass is 9.96. The molecule has 38 heavy (non-hydrogen) atoms. The van der Waals surface area contributed by atoms with Gasteiger partial charge in [-0.1, -0.05) is 25.7 Å². The highest BCUT2D eigenvalue weighted by Gasteiger charge is 2.27. The van der Waals surface area contributed by atoms with Crippen LogP contribution in [0.25, 0.3) is 11.0 Å². The van der Waals surface area contributed by atoms with Gasteiger partial charge in [0, 0.05) is 12.6 Å². The van der Waals surface area contributed by atoms with Crippen LogP contribution in [0.3, 0.4) is 0 Å². The van der Waals surface area contributed by atoms with Crippen molar-refractivity contribution >= 4 is 34.6 Å². The average Bonchev–Trinajstić information content (AvgIpc) is 3.39. The Morgan fingerprint density at radius 2 is 1.58 bits per heavy atom. The number of carbonyl (C=O) groups excluding carboxylic acids is 1. The molecule has 0 bridgehead atoms. The number of carboxylic acids is 2. The first-order valence-electron chi connectivity index (χ1n) is 12.9. The maximum atomic E-state index is 12.9. The number of nitrogens with one attached hydrogen (secondary N) is 2. The third-order valence-electron chi connectivity index (χ3n) is 6.65. The summed E-state index contributed by atoms with van der Waals surface area (Å²) in [6.07, 6.45) is 10.9. The van der Waals surface area contributed by atoms with Crippen LogP contribution >= 0.6 is 0 Å². The molecule has 2 fully saturated rings. The molecule has 1 aliphatic carbocycles. The molecule has 12 nitrogen and oxygen atoms in total. The monoisotopic (exact) mass is 535 g/mol. The summed E-state index contributed by atoms with van der Waals surface area (Å²) >= 11 is 0. The number of fused-ring (bicyclic) bond motifs is 1. The van der Waals surface area contributed by atoms with Crippen LogP contribution in [0, 0.1) is 0 Å². The molecule has 12 heteroatoms. The standard InChI is InChI=1S/C24H35N3O5.C2H2O4/c1-29-20-18-11-15-31-21(18)23(30-2)22(32-16-14-27-12-7-4-8-13-27)19(20)26-24(28)25-17-9-5-3-6-10-17;3-1(4)2(5)6/h11,15,17H,3-10,12-14,16H2,1-2H3,(H2,25,26,28);(H,3,4)(H,5,6). The van der Waals surface area contributed by atoms with E-state index in [0.29, 0.717) is 35.1 Å². The van der Waals surface area contributed by atoms with Crippen molar-refractivity contribution in [3.63, 3.8) is 0 Å². The molecule has 0 unspecified atom stereocenters. The van der Waals surface area contributed by atoms with Crippen LogP contribution in [0.4, 0.5) is 10.5 Å². The molecular weight excluding hydrogens is 498 g/mol. The molecule has 2 amide bonds. The molecule has 4 N–H and O–H groups in total. The largest absolute Gasteiger partial charge is 0.494 e. The van der Waals surface area contributed by atoms with Crippen LogP contribution in [-0.4, -0.2) is 79.6 Å². The Balaban J connectivity index is 0.000000599. The number of anilines is 1. The summed E-state index contributed by atoms with van der Waals surface area (Å²) in [6, 6.07) is 1.73. The molecular formula is C26H37N3O9. The first-order chi connectivity index (χ1) is 18.3. The Bertz CT molecular complexity index is 1080. The number of ether oxygens (including phenoxy) is 3. The molecule has 2 aromatic rings. The molecule has 210 valence electrons.